The van der Waals surface area contributed by atoms with E-state index in [1.165, 1.54) is 11.1 Å². The van der Waals surface area contributed by atoms with Crippen LogP contribution in [-0.2, 0) is 17.6 Å². The van der Waals surface area contributed by atoms with E-state index in [1.807, 2.05) is 6.26 Å². The van der Waals surface area contributed by atoms with Crippen LogP contribution >= 0.6 is 24.2 Å². The Morgan fingerprint density at radius 3 is 2.45 bits per heavy atom. The van der Waals surface area contributed by atoms with Gasteiger partial charge in [-0.3, -0.25) is 4.79 Å². The van der Waals surface area contributed by atoms with Crippen LogP contribution < -0.4 is 11.1 Å². The van der Waals surface area contributed by atoms with Crippen molar-refractivity contribution < 1.29 is 4.79 Å². The summed E-state index contributed by atoms with van der Waals surface area (Å²) in [5.41, 5.74) is 8.38. The molecule has 20 heavy (non-hydrogen) atoms. The Hall–Kier alpha value is -0.710. The molecular weight excluding hydrogens is 292 g/mol. The van der Waals surface area contributed by atoms with E-state index in [-0.39, 0.29) is 24.4 Å². The topological polar surface area (TPSA) is 55.1 Å². The van der Waals surface area contributed by atoms with Gasteiger partial charge in [-0.2, -0.15) is 11.8 Å². The summed E-state index contributed by atoms with van der Waals surface area (Å²) < 4.78 is 0. The zero-order valence-electron chi connectivity index (χ0n) is 12.2. The number of halogens is 1. The molecule has 3 N–H and O–H groups in total. The van der Waals surface area contributed by atoms with E-state index in [9.17, 15) is 4.79 Å². The number of thioether (sulfide) groups is 1. The van der Waals surface area contributed by atoms with Crippen molar-refractivity contribution in [2.24, 2.45) is 5.73 Å². The summed E-state index contributed by atoms with van der Waals surface area (Å²) in [6, 6.07) is 8.15. The third kappa shape index (κ3) is 7.17. The van der Waals surface area contributed by atoms with Gasteiger partial charge in [0.25, 0.3) is 0 Å². The van der Waals surface area contributed by atoms with Gasteiger partial charge in [-0.1, -0.05) is 31.2 Å². The fraction of sp³-hybridized carbons (Fsp3) is 0.533. The molecule has 1 aromatic rings. The second kappa shape index (κ2) is 11.0. The maximum atomic E-state index is 11.7. The smallest absolute Gasteiger partial charge is 0.236 e. The van der Waals surface area contributed by atoms with Gasteiger partial charge < -0.3 is 11.1 Å². The molecule has 0 spiro atoms. The Morgan fingerprint density at radius 2 is 1.90 bits per heavy atom. The van der Waals surface area contributed by atoms with Crippen LogP contribution in [0.1, 0.15) is 24.5 Å². The normalized spacial score (nSPS) is 11.6. The number of carbonyl (C=O) groups is 1. The van der Waals surface area contributed by atoms with E-state index in [2.05, 4.69) is 36.5 Å². The van der Waals surface area contributed by atoms with Gasteiger partial charge in [-0.15, -0.1) is 12.4 Å². The zero-order valence-corrected chi connectivity index (χ0v) is 13.9. The number of hydrogen-bond acceptors (Lipinski definition) is 3. The quantitative estimate of drug-likeness (QED) is 0.774. The standard InChI is InChI=1S/C15H24N2OS.ClH/c1-3-12-4-6-13(7-5-12)8-10-17-15(18)14(16)9-11-19-2;/h4-7,14H,3,8-11,16H2,1-2H3,(H,17,18);1H/t14-;/m0./s1. The number of carbonyl (C=O) groups excluding carboxylic acids is 1. The number of benzene rings is 1. The molecule has 0 aliphatic heterocycles. The van der Waals surface area contributed by atoms with E-state index in [0.29, 0.717) is 6.54 Å². The average molecular weight is 317 g/mol. The summed E-state index contributed by atoms with van der Waals surface area (Å²) in [6.07, 6.45) is 4.66. The molecule has 114 valence electrons. The Balaban J connectivity index is 0.00000361. The second-order valence-electron chi connectivity index (χ2n) is 4.60. The van der Waals surface area contributed by atoms with Crippen LogP contribution in [0.15, 0.2) is 24.3 Å². The number of nitrogens with one attached hydrogen (secondary N) is 1. The molecule has 0 saturated carbocycles. The Morgan fingerprint density at radius 1 is 1.30 bits per heavy atom. The van der Waals surface area contributed by atoms with Crippen LogP contribution in [0.2, 0.25) is 0 Å². The van der Waals surface area contributed by atoms with E-state index >= 15 is 0 Å². The lowest BCUT2D eigenvalue weighted by atomic mass is 10.1. The highest BCUT2D eigenvalue weighted by Gasteiger charge is 2.11. The SMILES string of the molecule is CCc1ccc(CCNC(=O)[C@@H](N)CCSC)cc1.Cl. The Bertz CT molecular complexity index is 384. The monoisotopic (exact) mass is 316 g/mol. The number of hydrogen-bond donors (Lipinski definition) is 2. The van der Waals surface area contributed by atoms with Gasteiger partial charge in [-0.05, 0) is 42.4 Å². The van der Waals surface area contributed by atoms with Crippen LogP contribution in [-0.4, -0.2) is 30.5 Å². The summed E-state index contributed by atoms with van der Waals surface area (Å²) in [5, 5.41) is 2.90. The molecule has 0 heterocycles. The first kappa shape index (κ1) is 19.3. The zero-order chi connectivity index (χ0) is 14.1. The molecule has 0 saturated heterocycles. The summed E-state index contributed by atoms with van der Waals surface area (Å²) in [6.45, 7) is 2.79. The van der Waals surface area contributed by atoms with Crippen LogP contribution in [0.3, 0.4) is 0 Å². The summed E-state index contributed by atoms with van der Waals surface area (Å²) in [7, 11) is 0. The molecule has 0 aliphatic rings. The molecule has 1 rings (SSSR count). The van der Waals surface area contributed by atoms with Crippen molar-refractivity contribution >= 4 is 30.1 Å². The molecule has 0 fully saturated rings. The van der Waals surface area contributed by atoms with E-state index < -0.39 is 0 Å². The predicted octanol–water partition coefficient (Wildman–Crippen LogP) is 2.41. The van der Waals surface area contributed by atoms with Crippen molar-refractivity contribution in [3.05, 3.63) is 35.4 Å². The molecule has 0 aromatic heterocycles. The van der Waals surface area contributed by atoms with Crippen molar-refractivity contribution in [3.8, 4) is 0 Å². The largest absolute Gasteiger partial charge is 0.354 e. The van der Waals surface area contributed by atoms with Crippen LogP contribution in [0.5, 0.6) is 0 Å². The lowest BCUT2D eigenvalue weighted by Gasteiger charge is -2.11. The first-order chi connectivity index (χ1) is 9.17. The molecule has 0 bridgehead atoms. The molecule has 0 unspecified atom stereocenters. The Labute approximate surface area is 132 Å². The van der Waals surface area contributed by atoms with Gasteiger partial charge in [0.05, 0.1) is 6.04 Å². The summed E-state index contributed by atoms with van der Waals surface area (Å²) >= 11 is 1.71. The second-order valence-corrected chi connectivity index (χ2v) is 5.58. The van der Waals surface area contributed by atoms with Crippen molar-refractivity contribution in [2.45, 2.75) is 32.2 Å². The number of amides is 1. The first-order valence-corrected chi connectivity index (χ1v) is 8.16. The van der Waals surface area contributed by atoms with E-state index in [4.69, 9.17) is 5.73 Å². The van der Waals surface area contributed by atoms with Crippen LogP contribution in [0.4, 0.5) is 0 Å². The predicted molar refractivity (Wildman–Crippen MR) is 90.8 cm³/mol. The van der Waals surface area contributed by atoms with Crippen molar-refractivity contribution in [2.75, 3.05) is 18.6 Å². The third-order valence-corrected chi connectivity index (χ3v) is 3.76. The minimum absolute atomic E-state index is 0. The lowest BCUT2D eigenvalue weighted by Crippen LogP contribution is -2.41. The molecule has 1 amide bonds. The Kier molecular flexibility index (Phi) is 10.6. The van der Waals surface area contributed by atoms with Crippen molar-refractivity contribution in [1.29, 1.82) is 0 Å². The number of rotatable bonds is 8. The van der Waals surface area contributed by atoms with Gasteiger partial charge in [-0.25, -0.2) is 0 Å². The van der Waals surface area contributed by atoms with Crippen molar-refractivity contribution in [3.63, 3.8) is 0 Å². The minimum Gasteiger partial charge on any atom is -0.354 e. The fourth-order valence-corrected chi connectivity index (χ4v) is 2.27. The minimum atomic E-state index is -0.380. The van der Waals surface area contributed by atoms with Gasteiger partial charge in [0, 0.05) is 6.54 Å². The van der Waals surface area contributed by atoms with Gasteiger partial charge in [0.2, 0.25) is 5.91 Å². The van der Waals surface area contributed by atoms with Gasteiger partial charge in [0.15, 0.2) is 0 Å². The maximum Gasteiger partial charge on any atom is 0.236 e. The van der Waals surface area contributed by atoms with Gasteiger partial charge >= 0.3 is 0 Å². The highest BCUT2D eigenvalue weighted by atomic mass is 35.5. The lowest BCUT2D eigenvalue weighted by molar-refractivity contribution is -0.122. The average Bonchev–Trinajstić information content (AvgIpc) is 2.45. The first-order valence-electron chi connectivity index (χ1n) is 6.77. The molecule has 1 atom stereocenters. The fourth-order valence-electron chi connectivity index (χ4n) is 1.78. The van der Waals surface area contributed by atoms with Gasteiger partial charge in [0.1, 0.15) is 0 Å². The van der Waals surface area contributed by atoms with Crippen molar-refractivity contribution in [1.82, 2.24) is 5.32 Å². The molecule has 3 nitrogen and oxygen atoms in total. The molecular formula is C15H25ClN2OS. The molecule has 0 aliphatic carbocycles. The molecule has 0 radical (unpaired) electrons. The molecule has 1 aromatic carbocycles. The van der Waals surface area contributed by atoms with E-state index in [1.54, 1.807) is 11.8 Å². The highest BCUT2D eigenvalue weighted by Crippen LogP contribution is 2.05. The number of nitrogens with two attached hydrogens (primary N) is 1. The molecule has 5 heteroatoms. The third-order valence-electron chi connectivity index (χ3n) is 3.11. The van der Waals surface area contributed by atoms with E-state index in [0.717, 1.165) is 25.0 Å². The maximum absolute atomic E-state index is 11.7. The highest BCUT2D eigenvalue weighted by molar-refractivity contribution is 7.98. The number of aryl methyl sites for hydroxylation is 1. The summed E-state index contributed by atoms with van der Waals surface area (Å²) in [4.78, 5) is 11.7. The summed E-state index contributed by atoms with van der Waals surface area (Å²) in [5.74, 6) is 0.881. The van der Waals surface area contributed by atoms with Crippen LogP contribution in [0, 0.1) is 0 Å². The van der Waals surface area contributed by atoms with Crippen LogP contribution in [0.25, 0.3) is 0 Å².